The molecule has 0 N–H and O–H groups in total. The van der Waals surface area contributed by atoms with E-state index >= 15 is 0 Å². The Morgan fingerprint density at radius 1 is 0.364 bits per heavy atom. The minimum absolute atomic E-state index is 1.23. The molecule has 0 saturated heterocycles. The lowest BCUT2D eigenvalue weighted by atomic mass is 9.84. The Morgan fingerprint density at radius 2 is 0.848 bits per heavy atom. The molecule has 1 unspecified atom stereocenters. The first-order valence-corrected chi connectivity index (χ1v) is 11.8. The lowest BCUT2D eigenvalue weighted by molar-refractivity contribution is 1.62. The summed E-state index contributed by atoms with van der Waals surface area (Å²) in [4.78, 5) is 0. The molecule has 6 aromatic rings. The Balaban J connectivity index is 1.83. The number of hydrogen-bond acceptors (Lipinski definition) is 0. The third-order valence-corrected chi connectivity index (χ3v) is 7.02. The van der Waals surface area contributed by atoms with Gasteiger partial charge in [0, 0.05) is 0 Å². The van der Waals surface area contributed by atoms with Crippen LogP contribution in [0.15, 0.2) is 127 Å². The molecule has 33 heavy (non-hydrogen) atoms. The van der Waals surface area contributed by atoms with Crippen molar-refractivity contribution in [1.29, 1.82) is 0 Å². The molecule has 0 aliphatic heterocycles. The summed E-state index contributed by atoms with van der Waals surface area (Å²) in [5, 5.41) is 6.32. The van der Waals surface area contributed by atoms with Gasteiger partial charge in [0.2, 0.25) is 0 Å². The number of fused-ring (bicyclic) bond motifs is 2. The predicted octanol–water partition coefficient (Wildman–Crippen LogP) is 8.49. The van der Waals surface area contributed by atoms with Gasteiger partial charge < -0.3 is 0 Å². The van der Waals surface area contributed by atoms with E-state index in [-0.39, 0.29) is 0 Å². The molecular formula is C32H23P. The van der Waals surface area contributed by atoms with Gasteiger partial charge in [0.25, 0.3) is 0 Å². The molecule has 6 aromatic carbocycles. The minimum Gasteiger partial charge on any atom is -0.104 e. The van der Waals surface area contributed by atoms with Crippen LogP contribution in [-0.2, 0) is 0 Å². The van der Waals surface area contributed by atoms with E-state index in [4.69, 9.17) is 0 Å². The molecule has 0 fully saturated rings. The van der Waals surface area contributed by atoms with E-state index in [0.29, 0.717) is 0 Å². The largest absolute Gasteiger partial charge is 0.104 e. The number of hydrogen-bond donors (Lipinski definition) is 0. The van der Waals surface area contributed by atoms with Crippen molar-refractivity contribution >= 4 is 36.1 Å². The Labute approximate surface area is 196 Å². The van der Waals surface area contributed by atoms with Crippen LogP contribution in [0, 0.1) is 0 Å². The van der Waals surface area contributed by atoms with Gasteiger partial charge >= 0.3 is 0 Å². The molecule has 1 heteroatoms. The van der Waals surface area contributed by atoms with Crippen LogP contribution in [0.25, 0.3) is 54.9 Å². The molecule has 0 saturated carbocycles. The highest BCUT2D eigenvalue weighted by atomic mass is 31.0. The maximum atomic E-state index is 3.10. The van der Waals surface area contributed by atoms with Gasteiger partial charge in [0.05, 0.1) is 0 Å². The maximum Gasteiger partial charge on any atom is -0.00201 e. The van der Waals surface area contributed by atoms with E-state index in [1.54, 1.807) is 0 Å². The van der Waals surface area contributed by atoms with Gasteiger partial charge in [-0.1, -0.05) is 127 Å². The van der Waals surface area contributed by atoms with Gasteiger partial charge in [0.1, 0.15) is 0 Å². The summed E-state index contributed by atoms with van der Waals surface area (Å²) in [6.07, 6.45) is 0. The SMILES string of the molecule is Pc1c(-c2ccccc2)c(-c2ccccc2)c2ccccc2c1-c1cccc2ccccc12. The quantitative estimate of drug-likeness (QED) is 0.243. The third kappa shape index (κ3) is 3.35. The molecule has 1 atom stereocenters. The second kappa shape index (κ2) is 8.32. The van der Waals surface area contributed by atoms with Crippen molar-refractivity contribution in [2.75, 3.05) is 0 Å². The zero-order valence-corrected chi connectivity index (χ0v) is 19.4. The third-order valence-electron chi connectivity index (χ3n) is 6.44. The Hall–Kier alpha value is -3.73. The zero-order chi connectivity index (χ0) is 22.2. The average Bonchev–Trinajstić information content (AvgIpc) is 2.89. The molecular weight excluding hydrogens is 415 g/mol. The molecule has 0 radical (unpaired) electrons. The van der Waals surface area contributed by atoms with Crippen molar-refractivity contribution in [2.45, 2.75) is 0 Å². The van der Waals surface area contributed by atoms with Crippen molar-refractivity contribution in [3.05, 3.63) is 127 Å². The van der Waals surface area contributed by atoms with Gasteiger partial charge in [-0.25, -0.2) is 0 Å². The van der Waals surface area contributed by atoms with Crippen LogP contribution in [0.1, 0.15) is 0 Å². The first kappa shape index (κ1) is 19.9. The first-order valence-electron chi connectivity index (χ1n) is 11.3. The molecule has 0 nitrogen and oxygen atoms in total. The van der Waals surface area contributed by atoms with Crippen LogP contribution >= 0.6 is 9.24 Å². The molecule has 0 aromatic heterocycles. The summed E-state index contributed by atoms with van der Waals surface area (Å²) < 4.78 is 0. The van der Waals surface area contributed by atoms with E-state index in [0.717, 1.165) is 0 Å². The van der Waals surface area contributed by atoms with Crippen molar-refractivity contribution in [1.82, 2.24) is 0 Å². The van der Waals surface area contributed by atoms with Crippen LogP contribution in [-0.4, -0.2) is 0 Å². The Kier molecular flexibility index (Phi) is 5.02. The molecule has 0 spiro atoms. The van der Waals surface area contributed by atoms with Crippen molar-refractivity contribution in [3.63, 3.8) is 0 Å². The van der Waals surface area contributed by atoms with Gasteiger partial charge in [-0.15, -0.1) is 9.24 Å². The number of rotatable bonds is 3. The van der Waals surface area contributed by atoms with Crippen molar-refractivity contribution in [3.8, 4) is 33.4 Å². The second-order valence-electron chi connectivity index (χ2n) is 8.34. The molecule has 0 amide bonds. The average molecular weight is 439 g/mol. The zero-order valence-electron chi connectivity index (χ0n) is 18.2. The molecule has 0 aliphatic carbocycles. The minimum atomic E-state index is 1.23. The molecule has 0 bridgehead atoms. The van der Waals surface area contributed by atoms with Crippen LogP contribution < -0.4 is 5.30 Å². The lowest BCUT2D eigenvalue weighted by Crippen LogP contribution is -2.07. The van der Waals surface area contributed by atoms with Gasteiger partial charge in [-0.05, 0) is 60.2 Å². The van der Waals surface area contributed by atoms with E-state index in [1.165, 1.54) is 60.2 Å². The van der Waals surface area contributed by atoms with Crippen LogP contribution in [0.5, 0.6) is 0 Å². The fourth-order valence-electron chi connectivity index (χ4n) is 5.00. The molecule has 156 valence electrons. The van der Waals surface area contributed by atoms with E-state index < -0.39 is 0 Å². The topological polar surface area (TPSA) is 0 Å². The normalized spacial score (nSPS) is 11.2. The highest BCUT2D eigenvalue weighted by Gasteiger charge is 2.21. The summed E-state index contributed by atoms with van der Waals surface area (Å²) in [7, 11) is 3.10. The summed E-state index contributed by atoms with van der Waals surface area (Å²) in [6, 6.07) is 45.7. The lowest BCUT2D eigenvalue weighted by Gasteiger charge is -2.22. The number of benzene rings is 6. The van der Waals surface area contributed by atoms with Crippen molar-refractivity contribution < 1.29 is 0 Å². The summed E-state index contributed by atoms with van der Waals surface area (Å²) in [5.74, 6) is 0. The van der Waals surface area contributed by atoms with Gasteiger partial charge in [0.15, 0.2) is 0 Å². The fourth-order valence-corrected chi connectivity index (χ4v) is 5.62. The smallest absolute Gasteiger partial charge is 0.00201 e. The summed E-state index contributed by atoms with van der Waals surface area (Å²) in [6.45, 7) is 0. The highest BCUT2D eigenvalue weighted by molar-refractivity contribution is 7.28. The predicted molar refractivity (Wildman–Crippen MR) is 147 cm³/mol. The first-order chi connectivity index (χ1) is 16.3. The van der Waals surface area contributed by atoms with Crippen molar-refractivity contribution in [2.24, 2.45) is 0 Å². The molecule has 0 aliphatic rings. The van der Waals surface area contributed by atoms with Gasteiger partial charge in [-0.3, -0.25) is 0 Å². The van der Waals surface area contributed by atoms with Crippen LogP contribution in [0.3, 0.4) is 0 Å². The monoisotopic (exact) mass is 438 g/mol. The van der Waals surface area contributed by atoms with Crippen LogP contribution in [0.4, 0.5) is 0 Å². The summed E-state index contributed by atoms with van der Waals surface area (Å²) in [5.41, 5.74) is 7.58. The Bertz CT molecular complexity index is 1590. The summed E-state index contributed by atoms with van der Waals surface area (Å²) >= 11 is 0. The van der Waals surface area contributed by atoms with E-state index in [2.05, 4.69) is 137 Å². The van der Waals surface area contributed by atoms with Crippen LogP contribution in [0.2, 0.25) is 0 Å². The van der Waals surface area contributed by atoms with E-state index in [9.17, 15) is 0 Å². The van der Waals surface area contributed by atoms with E-state index in [1.807, 2.05) is 0 Å². The molecule has 0 heterocycles. The Morgan fingerprint density at radius 3 is 1.52 bits per heavy atom. The standard InChI is InChI=1S/C32H23P/c33-32-30(24-15-5-2-6-16-24)29(23-13-3-1-4-14-23)27-19-9-10-20-28(27)31(32)26-21-11-17-22-12-7-8-18-25(22)26/h1-21H,33H2. The van der Waals surface area contributed by atoms with Gasteiger partial charge in [-0.2, -0.15) is 0 Å². The molecule has 6 rings (SSSR count). The second-order valence-corrected chi connectivity index (χ2v) is 8.92. The fraction of sp³-hybridized carbons (Fsp3) is 0. The maximum absolute atomic E-state index is 3.10. The highest BCUT2D eigenvalue weighted by Crippen LogP contribution is 2.43.